The van der Waals surface area contributed by atoms with Crippen LogP contribution in [-0.4, -0.2) is 13.4 Å². The van der Waals surface area contributed by atoms with Crippen molar-refractivity contribution in [3.8, 4) is 44.5 Å². The molecule has 0 saturated heterocycles. The van der Waals surface area contributed by atoms with E-state index in [4.69, 9.17) is 17.7 Å². The Kier molecular flexibility index (Phi) is 11.4. The van der Waals surface area contributed by atoms with E-state index >= 15 is 0 Å². The molecule has 19 aromatic rings. The first kappa shape index (κ1) is 55.0. The summed E-state index contributed by atoms with van der Waals surface area (Å²) in [6, 6.07) is 111. The first-order valence-corrected chi connectivity index (χ1v) is 35.7. The van der Waals surface area contributed by atoms with E-state index in [9.17, 15) is 0 Å². The molecule has 0 aliphatic carbocycles. The summed E-state index contributed by atoms with van der Waals surface area (Å²) in [6.45, 7) is -0.486. The van der Waals surface area contributed by atoms with Gasteiger partial charge in [0.25, 0.3) is 0 Å². The minimum absolute atomic E-state index is 0.243. The van der Waals surface area contributed by atoms with Crippen LogP contribution in [0.25, 0.3) is 132 Å². The Labute approximate surface area is 582 Å². The van der Waals surface area contributed by atoms with Gasteiger partial charge in [-0.2, -0.15) is 0 Å². The summed E-state index contributed by atoms with van der Waals surface area (Å²) in [5, 5.41) is 8.80. The van der Waals surface area contributed by atoms with Crippen LogP contribution in [0.1, 0.15) is 0 Å². The van der Waals surface area contributed by atoms with Gasteiger partial charge in [-0.25, -0.2) is 0 Å². The third-order valence-corrected chi connectivity index (χ3v) is 23.9. The Balaban J connectivity index is 0.877. The molecule has 6 nitrogen and oxygen atoms in total. The number of rotatable bonds is 6. The summed E-state index contributed by atoms with van der Waals surface area (Å²) in [6.07, 6.45) is 0. The van der Waals surface area contributed by atoms with Crippen molar-refractivity contribution in [3.63, 3.8) is 0 Å². The van der Waals surface area contributed by atoms with Crippen LogP contribution in [0.3, 0.4) is 0 Å². The van der Waals surface area contributed by atoms with Crippen LogP contribution in [0.2, 0.25) is 0 Å². The molecule has 0 N–H and O–H groups in total. The second-order valence-corrected chi connectivity index (χ2v) is 28.9. The molecule has 8 heterocycles. The molecule has 0 unspecified atom stereocenters. The van der Waals surface area contributed by atoms with Crippen molar-refractivity contribution in [3.05, 3.63) is 303 Å². The molecule has 4 aliphatic heterocycles. The van der Waals surface area contributed by atoms with Gasteiger partial charge in [0, 0.05) is 86.8 Å². The van der Waals surface area contributed by atoms with E-state index in [1.165, 1.54) is 42.6 Å². The number of anilines is 6. The molecule has 0 fully saturated rings. The highest BCUT2D eigenvalue weighted by molar-refractivity contribution is 8.00. The molecule has 0 atom stereocenters. The van der Waals surface area contributed by atoms with E-state index in [0.29, 0.717) is 0 Å². The smallest absolute Gasteiger partial charge is 0.249 e. The Morgan fingerprint density at radius 2 is 0.620 bits per heavy atom. The van der Waals surface area contributed by atoms with Crippen LogP contribution < -0.4 is 42.6 Å². The number of fused-ring (bicyclic) bond motifs is 22. The Bertz CT molecular complexity index is 6390. The number of benzene rings is 15. The summed E-state index contributed by atoms with van der Waals surface area (Å²) < 4.78 is 27.7. The lowest BCUT2D eigenvalue weighted by Gasteiger charge is -2.45. The molecule has 0 spiro atoms. The predicted molar refractivity (Wildman–Crippen MR) is 417 cm³/mol. The predicted octanol–water partition coefficient (Wildman–Crippen LogP) is 21.5. The van der Waals surface area contributed by atoms with E-state index in [-0.39, 0.29) is 13.4 Å². The van der Waals surface area contributed by atoms with E-state index in [0.717, 1.165) is 176 Å². The maximum Gasteiger partial charge on any atom is 0.249 e. The zero-order valence-corrected chi connectivity index (χ0v) is 55.0. The first-order valence-electron chi connectivity index (χ1n) is 34.1. The molecule has 0 amide bonds. The maximum atomic E-state index is 7.17. The molecule has 10 heteroatoms. The number of para-hydroxylation sites is 6. The quantitative estimate of drug-likeness (QED) is 0.153. The summed E-state index contributed by atoms with van der Waals surface area (Å²) in [7, 11) is 0. The van der Waals surface area contributed by atoms with Crippen molar-refractivity contribution in [1.82, 2.24) is 0 Å². The monoisotopic (exact) mass is 1310 g/mol. The normalized spacial score (nSPS) is 13.4. The average molecular weight is 1310 g/mol. The van der Waals surface area contributed by atoms with Crippen molar-refractivity contribution < 1.29 is 17.7 Å². The Morgan fingerprint density at radius 3 is 1.08 bits per heavy atom. The summed E-state index contributed by atoms with van der Waals surface area (Å²) in [4.78, 5) is 9.88. The van der Waals surface area contributed by atoms with Gasteiger partial charge >= 0.3 is 0 Å². The number of hydrogen-bond donors (Lipinski definition) is 0. The van der Waals surface area contributed by atoms with Crippen LogP contribution >= 0.6 is 23.5 Å². The molecule has 0 radical (unpaired) electrons. The fourth-order valence-electron chi connectivity index (χ4n) is 17.4. The second kappa shape index (κ2) is 20.7. The van der Waals surface area contributed by atoms with Gasteiger partial charge < -0.3 is 27.5 Å². The largest absolute Gasteiger partial charge is 0.456 e. The fourth-order valence-corrected chi connectivity index (χ4v) is 20.0. The van der Waals surface area contributed by atoms with Gasteiger partial charge in [0.15, 0.2) is 0 Å². The van der Waals surface area contributed by atoms with E-state index < -0.39 is 0 Å². The highest BCUT2D eigenvalue weighted by Crippen LogP contribution is 2.54. The molecule has 0 bridgehead atoms. The Hall–Kier alpha value is -12.1. The maximum absolute atomic E-state index is 7.17. The third-order valence-electron chi connectivity index (χ3n) is 21.6. The minimum atomic E-state index is -0.243. The molecular formula is C90H50B2N2O4S2. The van der Waals surface area contributed by atoms with Crippen LogP contribution in [0.15, 0.2) is 341 Å². The van der Waals surface area contributed by atoms with Crippen molar-refractivity contribution in [2.45, 2.75) is 19.6 Å². The molecule has 100 heavy (non-hydrogen) atoms. The summed E-state index contributed by atoms with van der Waals surface area (Å²) in [5.74, 6) is 0. The third kappa shape index (κ3) is 7.69. The molecular weight excluding hydrogens is 1260 g/mol. The highest BCUT2D eigenvalue weighted by Gasteiger charge is 2.48. The van der Waals surface area contributed by atoms with Crippen LogP contribution in [0.5, 0.6) is 0 Å². The molecule has 4 aliphatic rings. The number of hydrogen-bond acceptors (Lipinski definition) is 8. The van der Waals surface area contributed by atoms with Gasteiger partial charge in [0.2, 0.25) is 13.4 Å². The lowest BCUT2D eigenvalue weighted by atomic mass is 9.31. The lowest BCUT2D eigenvalue weighted by molar-refractivity contribution is 0.660. The number of nitrogens with zero attached hydrogens (tertiary/aromatic N) is 2. The van der Waals surface area contributed by atoms with Gasteiger partial charge in [-0.1, -0.05) is 259 Å². The molecule has 462 valence electrons. The van der Waals surface area contributed by atoms with Crippen LogP contribution in [-0.2, 0) is 0 Å². The zero-order valence-electron chi connectivity index (χ0n) is 53.4. The van der Waals surface area contributed by atoms with Crippen LogP contribution in [0.4, 0.5) is 34.1 Å². The van der Waals surface area contributed by atoms with E-state index in [2.05, 4.69) is 313 Å². The van der Waals surface area contributed by atoms with Crippen molar-refractivity contribution in [2.24, 2.45) is 0 Å². The molecule has 15 aromatic carbocycles. The first-order chi connectivity index (χ1) is 49.6. The summed E-state index contributed by atoms with van der Waals surface area (Å²) >= 11 is 3.69. The topological polar surface area (TPSA) is 59.0 Å². The van der Waals surface area contributed by atoms with Gasteiger partial charge in [-0.05, 0) is 134 Å². The second-order valence-electron chi connectivity index (χ2n) is 26.8. The average Bonchev–Trinajstić information content (AvgIpc) is 0.704. The standard InChI is InChI=1S/C90H50B2N2O4S2/c1-3-21-51(22-4-1)55-25-7-13-33-69(55)93-71-50-72-68(49-67(71)91-65-43-41-61-59-27-9-15-35-75(59)97-87(61)89(65)99-81-47-53(45-73(93)85(81)91)57-31-19-39-79-83(57)63-29-11-17-37-77(63)95-79)92-66-44-42-62-60-28-10-16-36-76(60)98-88(62)90(66)100-82-48-54(58-32-20-40-80-84(58)64-30-12-18-38-78(64)96-80)46-74(86(82)92)94(72)70-34-14-8-26-56(70)52-23-5-2-6-24-52/h1-50H. The van der Waals surface area contributed by atoms with Gasteiger partial charge in [-0.15, -0.1) is 0 Å². The molecule has 4 aromatic heterocycles. The lowest BCUT2D eigenvalue weighted by Crippen LogP contribution is -2.64. The number of furan rings is 4. The van der Waals surface area contributed by atoms with Crippen molar-refractivity contribution in [1.29, 1.82) is 0 Å². The molecule has 0 saturated carbocycles. The Morgan fingerprint density at radius 1 is 0.240 bits per heavy atom. The molecule has 23 rings (SSSR count). The van der Waals surface area contributed by atoms with Crippen LogP contribution in [0, 0.1) is 0 Å². The van der Waals surface area contributed by atoms with Gasteiger partial charge in [-0.3, -0.25) is 0 Å². The SMILES string of the molecule is c1ccc(-c2ccccc2N2c3cc4c(cc3B3c5ccc6c(oc7ccccc76)c5Sc5cc(-c6cccc7oc8ccccc8c67)cc2c53)B2c3ccc5c(oc6ccccc65)c3Sc3cc(-c5cccc6oc7ccccc7c56)cc(c32)N4c2ccccc2-c2ccccc2)cc1. The van der Waals surface area contributed by atoms with E-state index in [1.54, 1.807) is 0 Å². The zero-order chi connectivity index (χ0) is 65.0. The van der Waals surface area contributed by atoms with Gasteiger partial charge in [0.05, 0.1) is 21.2 Å². The van der Waals surface area contributed by atoms with Crippen molar-refractivity contribution in [2.75, 3.05) is 9.80 Å². The van der Waals surface area contributed by atoms with E-state index in [1.807, 2.05) is 23.5 Å². The highest BCUT2D eigenvalue weighted by atomic mass is 32.2. The minimum Gasteiger partial charge on any atom is -0.456 e. The van der Waals surface area contributed by atoms with Gasteiger partial charge in [0.1, 0.15) is 44.7 Å². The van der Waals surface area contributed by atoms with Crippen molar-refractivity contribution >= 4 is 192 Å². The fraction of sp³-hybridized carbons (Fsp3) is 0. The summed E-state index contributed by atoms with van der Waals surface area (Å²) in [5.41, 5.74) is 29.9.